The zero-order valence-corrected chi connectivity index (χ0v) is 13.4. The van der Waals surface area contributed by atoms with Gasteiger partial charge in [-0.25, -0.2) is 0 Å². The van der Waals surface area contributed by atoms with Gasteiger partial charge in [-0.2, -0.15) is 0 Å². The Balaban J connectivity index is 2.30. The third-order valence-corrected chi connectivity index (χ3v) is 4.14. The average molecular weight is 268 g/mol. The van der Waals surface area contributed by atoms with E-state index in [1.165, 1.54) is 25.7 Å². The number of carbonyl (C=O) groups is 1. The summed E-state index contributed by atoms with van der Waals surface area (Å²) in [6.45, 7) is 11.7. The lowest BCUT2D eigenvalue weighted by molar-refractivity contribution is -0.126. The van der Waals surface area contributed by atoms with E-state index in [9.17, 15) is 4.79 Å². The van der Waals surface area contributed by atoms with E-state index in [1.807, 2.05) is 0 Å². The zero-order valence-electron chi connectivity index (χ0n) is 13.4. The molecule has 1 fully saturated rings. The van der Waals surface area contributed by atoms with Gasteiger partial charge in [0.25, 0.3) is 0 Å². The minimum Gasteiger partial charge on any atom is -0.356 e. The van der Waals surface area contributed by atoms with Crippen molar-refractivity contribution in [2.24, 2.45) is 5.92 Å². The van der Waals surface area contributed by atoms with Gasteiger partial charge in [-0.3, -0.25) is 4.79 Å². The molecular formula is C16H32N2O. The fourth-order valence-corrected chi connectivity index (χ4v) is 3.26. The van der Waals surface area contributed by atoms with Gasteiger partial charge in [-0.1, -0.05) is 32.6 Å². The molecule has 1 aliphatic heterocycles. The number of rotatable bonds is 7. The van der Waals surface area contributed by atoms with Crippen LogP contribution < -0.4 is 10.6 Å². The van der Waals surface area contributed by atoms with Gasteiger partial charge in [0.2, 0.25) is 5.91 Å². The first-order chi connectivity index (χ1) is 8.78. The standard InChI is InChI=1S/C16H32N2O/c1-6-7-8-9-10-11-17-14(19)13-12-15(2,3)18-16(13,4)5/h13,18H,6-12H2,1-5H3,(H,17,19). The van der Waals surface area contributed by atoms with Gasteiger partial charge in [-0.15, -0.1) is 0 Å². The maximum atomic E-state index is 12.3. The maximum absolute atomic E-state index is 12.3. The van der Waals surface area contributed by atoms with Crippen LogP contribution in [0.3, 0.4) is 0 Å². The van der Waals surface area contributed by atoms with Gasteiger partial charge in [-0.05, 0) is 40.5 Å². The first kappa shape index (κ1) is 16.5. The van der Waals surface area contributed by atoms with Crippen LogP contribution in [0.5, 0.6) is 0 Å². The molecule has 0 radical (unpaired) electrons. The average Bonchev–Trinajstić information content (AvgIpc) is 2.51. The summed E-state index contributed by atoms with van der Waals surface area (Å²) in [6.07, 6.45) is 7.12. The minimum atomic E-state index is -0.101. The van der Waals surface area contributed by atoms with Crippen molar-refractivity contribution in [2.45, 2.75) is 84.2 Å². The van der Waals surface area contributed by atoms with Crippen LogP contribution in [0.2, 0.25) is 0 Å². The molecule has 19 heavy (non-hydrogen) atoms. The first-order valence-electron chi connectivity index (χ1n) is 7.85. The number of nitrogens with one attached hydrogen (secondary N) is 2. The first-order valence-corrected chi connectivity index (χ1v) is 7.85. The van der Waals surface area contributed by atoms with Crippen molar-refractivity contribution in [1.29, 1.82) is 0 Å². The second kappa shape index (κ2) is 6.74. The summed E-state index contributed by atoms with van der Waals surface area (Å²) in [5, 5.41) is 6.67. The molecule has 0 bridgehead atoms. The second-order valence-corrected chi connectivity index (χ2v) is 7.19. The van der Waals surface area contributed by atoms with E-state index in [-0.39, 0.29) is 22.9 Å². The third-order valence-electron chi connectivity index (χ3n) is 4.14. The van der Waals surface area contributed by atoms with Crippen LogP contribution in [0.1, 0.15) is 73.1 Å². The van der Waals surface area contributed by atoms with Crippen LogP contribution in [-0.4, -0.2) is 23.5 Å². The molecule has 3 nitrogen and oxygen atoms in total. The molecule has 1 atom stereocenters. The molecule has 1 saturated heterocycles. The van der Waals surface area contributed by atoms with Crippen molar-refractivity contribution >= 4 is 5.91 Å². The van der Waals surface area contributed by atoms with Crippen LogP contribution >= 0.6 is 0 Å². The molecule has 1 rings (SSSR count). The fraction of sp³-hybridized carbons (Fsp3) is 0.938. The maximum Gasteiger partial charge on any atom is 0.225 e. The number of amides is 1. The molecule has 2 N–H and O–H groups in total. The lowest BCUT2D eigenvalue weighted by Gasteiger charge is -2.27. The molecule has 1 heterocycles. The lowest BCUT2D eigenvalue weighted by atomic mass is 9.86. The van der Waals surface area contributed by atoms with E-state index >= 15 is 0 Å². The smallest absolute Gasteiger partial charge is 0.225 e. The zero-order chi connectivity index (χ0) is 14.5. The largest absolute Gasteiger partial charge is 0.356 e. The van der Waals surface area contributed by atoms with Gasteiger partial charge in [0.15, 0.2) is 0 Å². The number of unbranched alkanes of at least 4 members (excludes halogenated alkanes) is 4. The minimum absolute atomic E-state index is 0.0621. The quantitative estimate of drug-likeness (QED) is 0.696. The van der Waals surface area contributed by atoms with Gasteiger partial charge in [0.05, 0.1) is 5.92 Å². The molecule has 0 aromatic heterocycles. The number of hydrogen-bond donors (Lipinski definition) is 2. The van der Waals surface area contributed by atoms with E-state index in [4.69, 9.17) is 0 Å². The fourth-order valence-electron chi connectivity index (χ4n) is 3.26. The Morgan fingerprint density at radius 1 is 1.16 bits per heavy atom. The van der Waals surface area contributed by atoms with Gasteiger partial charge < -0.3 is 10.6 Å². The molecule has 1 aliphatic rings. The Hall–Kier alpha value is -0.570. The van der Waals surface area contributed by atoms with Crippen molar-refractivity contribution < 1.29 is 4.79 Å². The van der Waals surface area contributed by atoms with E-state index in [0.717, 1.165) is 19.4 Å². The van der Waals surface area contributed by atoms with Crippen LogP contribution in [0.15, 0.2) is 0 Å². The van der Waals surface area contributed by atoms with Crippen LogP contribution in [-0.2, 0) is 4.79 Å². The predicted molar refractivity (Wildman–Crippen MR) is 81.2 cm³/mol. The molecule has 1 amide bonds. The monoisotopic (exact) mass is 268 g/mol. The van der Waals surface area contributed by atoms with E-state index in [1.54, 1.807) is 0 Å². The van der Waals surface area contributed by atoms with E-state index in [0.29, 0.717) is 0 Å². The Morgan fingerprint density at radius 3 is 2.32 bits per heavy atom. The Morgan fingerprint density at radius 2 is 1.79 bits per heavy atom. The Kier molecular flexibility index (Phi) is 5.84. The van der Waals surface area contributed by atoms with Gasteiger partial charge in [0.1, 0.15) is 0 Å². The van der Waals surface area contributed by atoms with Crippen LogP contribution in [0.4, 0.5) is 0 Å². The summed E-state index contributed by atoms with van der Waals surface area (Å²) in [4.78, 5) is 12.3. The highest BCUT2D eigenvalue weighted by Crippen LogP contribution is 2.35. The summed E-state index contributed by atoms with van der Waals surface area (Å²) in [6, 6.07) is 0. The van der Waals surface area contributed by atoms with E-state index < -0.39 is 0 Å². The molecule has 112 valence electrons. The lowest BCUT2D eigenvalue weighted by Crippen LogP contribution is -2.48. The molecule has 0 spiro atoms. The summed E-state index contributed by atoms with van der Waals surface area (Å²) in [7, 11) is 0. The van der Waals surface area contributed by atoms with Gasteiger partial charge in [0, 0.05) is 17.6 Å². The molecule has 0 aromatic rings. The van der Waals surface area contributed by atoms with Crippen molar-refractivity contribution in [1.82, 2.24) is 10.6 Å². The van der Waals surface area contributed by atoms with Crippen molar-refractivity contribution in [3.05, 3.63) is 0 Å². The third kappa shape index (κ3) is 5.13. The molecule has 0 saturated carbocycles. The highest BCUT2D eigenvalue weighted by atomic mass is 16.2. The second-order valence-electron chi connectivity index (χ2n) is 7.19. The number of carbonyl (C=O) groups excluding carboxylic acids is 1. The Bertz CT molecular complexity index is 297. The molecule has 1 unspecified atom stereocenters. The topological polar surface area (TPSA) is 41.1 Å². The SMILES string of the molecule is CCCCCCCNC(=O)C1CC(C)(C)NC1(C)C. The van der Waals surface area contributed by atoms with Crippen LogP contribution in [0.25, 0.3) is 0 Å². The van der Waals surface area contributed by atoms with Gasteiger partial charge >= 0.3 is 0 Å². The van der Waals surface area contributed by atoms with Crippen LogP contribution in [0, 0.1) is 5.92 Å². The molecule has 0 aliphatic carbocycles. The highest BCUT2D eigenvalue weighted by Gasteiger charge is 2.47. The molecule has 0 aromatic carbocycles. The normalized spacial score (nSPS) is 24.4. The predicted octanol–water partition coefficient (Wildman–Crippen LogP) is 3.24. The van der Waals surface area contributed by atoms with Crippen molar-refractivity contribution in [2.75, 3.05) is 6.54 Å². The summed E-state index contributed by atoms with van der Waals surface area (Å²) in [5.74, 6) is 0.303. The number of hydrogen-bond acceptors (Lipinski definition) is 2. The highest BCUT2D eigenvalue weighted by molar-refractivity contribution is 5.80. The molecule has 3 heteroatoms. The summed E-state index contributed by atoms with van der Waals surface area (Å²) < 4.78 is 0. The summed E-state index contributed by atoms with van der Waals surface area (Å²) in [5.41, 5.74) is -0.0393. The Labute approximate surface area is 118 Å². The van der Waals surface area contributed by atoms with E-state index in [2.05, 4.69) is 45.3 Å². The van der Waals surface area contributed by atoms with Crippen molar-refractivity contribution in [3.63, 3.8) is 0 Å². The summed E-state index contributed by atoms with van der Waals surface area (Å²) >= 11 is 0. The molecular weight excluding hydrogens is 236 g/mol. The van der Waals surface area contributed by atoms with Crippen molar-refractivity contribution in [3.8, 4) is 0 Å².